The van der Waals surface area contributed by atoms with Crippen LogP contribution in [0.25, 0.3) is 0 Å². The average Bonchev–Trinajstić information content (AvgIpc) is 2.81. The van der Waals surface area contributed by atoms with Gasteiger partial charge in [0.05, 0.1) is 15.7 Å². The molecule has 2 N–H and O–H groups in total. The minimum Gasteiger partial charge on any atom is -0.477 e. The van der Waals surface area contributed by atoms with Crippen LogP contribution in [-0.4, -0.2) is 22.0 Å². The number of aromatic nitrogens is 1. The maximum Gasteiger partial charge on any atom is 0.346 e. The molecule has 0 aliphatic rings. The van der Waals surface area contributed by atoms with E-state index in [0.29, 0.717) is 21.1 Å². The fraction of sp³-hybridized carbons (Fsp3) is 0.250. The summed E-state index contributed by atoms with van der Waals surface area (Å²) in [6, 6.07) is 1.66. The van der Waals surface area contributed by atoms with Gasteiger partial charge in [-0.1, -0.05) is 0 Å². The van der Waals surface area contributed by atoms with E-state index in [1.165, 1.54) is 11.3 Å². The van der Waals surface area contributed by atoms with E-state index in [1.807, 2.05) is 6.92 Å². The molecule has 0 spiro atoms. The summed E-state index contributed by atoms with van der Waals surface area (Å²) in [5.41, 5.74) is 1.33. The Morgan fingerprint density at radius 3 is 2.37 bits per heavy atom. The number of rotatable bonds is 3. The van der Waals surface area contributed by atoms with Gasteiger partial charge in [0.1, 0.15) is 9.75 Å². The number of thiazole rings is 1. The number of thiophene rings is 1. The van der Waals surface area contributed by atoms with E-state index in [0.717, 1.165) is 16.3 Å². The summed E-state index contributed by atoms with van der Waals surface area (Å²) in [5.74, 6) is -1.23. The lowest BCUT2D eigenvalue weighted by atomic mass is 10.3. The number of carbonyl (C=O) groups is 2. The first-order chi connectivity index (χ1) is 8.88. The second kappa shape index (κ2) is 5.10. The molecule has 1 amide bonds. The van der Waals surface area contributed by atoms with Gasteiger partial charge in [0, 0.05) is 0 Å². The van der Waals surface area contributed by atoms with Crippen LogP contribution in [0.15, 0.2) is 6.07 Å². The number of carbonyl (C=O) groups excluding carboxylic acids is 1. The zero-order valence-corrected chi connectivity index (χ0v) is 12.2. The summed E-state index contributed by atoms with van der Waals surface area (Å²) >= 11 is 2.38. The van der Waals surface area contributed by atoms with E-state index in [9.17, 15) is 9.59 Å². The van der Waals surface area contributed by atoms with Gasteiger partial charge in [0.2, 0.25) is 0 Å². The molecule has 0 atom stereocenters. The number of amides is 1. The lowest BCUT2D eigenvalue weighted by Gasteiger charge is -1.99. The van der Waals surface area contributed by atoms with Crippen molar-refractivity contribution in [3.63, 3.8) is 0 Å². The van der Waals surface area contributed by atoms with Crippen molar-refractivity contribution in [3.8, 4) is 0 Å². The molecule has 2 aromatic rings. The van der Waals surface area contributed by atoms with Crippen LogP contribution in [0.2, 0.25) is 0 Å². The fourth-order valence-corrected chi connectivity index (χ4v) is 3.39. The van der Waals surface area contributed by atoms with Crippen LogP contribution < -0.4 is 5.32 Å². The first-order valence-corrected chi connectivity index (χ1v) is 7.11. The van der Waals surface area contributed by atoms with E-state index in [4.69, 9.17) is 5.11 Å². The molecule has 2 heterocycles. The van der Waals surface area contributed by atoms with E-state index in [2.05, 4.69) is 10.3 Å². The van der Waals surface area contributed by atoms with Gasteiger partial charge in [-0.2, -0.15) is 0 Å². The predicted molar refractivity (Wildman–Crippen MR) is 75.6 cm³/mol. The van der Waals surface area contributed by atoms with Crippen molar-refractivity contribution in [1.82, 2.24) is 4.98 Å². The molecule has 100 valence electrons. The van der Waals surface area contributed by atoms with E-state index < -0.39 is 5.97 Å². The summed E-state index contributed by atoms with van der Waals surface area (Å²) in [6.07, 6.45) is 0. The van der Waals surface area contributed by atoms with Gasteiger partial charge in [0.15, 0.2) is 0 Å². The Bertz CT molecular complexity index is 658. The summed E-state index contributed by atoms with van der Waals surface area (Å²) < 4.78 is 0. The van der Waals surface area contributed by atoms with Crippen LogP contribution in [-0.2, 0) is 0 Å². The minimum atomic E-state index is -0.979. The highest BCUT2D eigenvalue weighted by atomic mass is 32.1. The largest absolute Gasteiger partial charge is 0.477 e. The summed E-state index contributed by atoms with van der Waals surface area (Å²) in [6.45, 7) is 5.32. The van der Waals surface area contributed by atoms with E-state index in [-0.39, 0.29) is 10.8 Å². The first kappa shape index (κ1) is 13.7. The van der Waals surface area contributed by atoms with Crippen LogP contribution in [0.3, 0.4) is 0 Å². The molecule has 0 radical (unpaired) electrons. The molecule has 5 nitrogen and oxygen atoms in total. The molecule has 0 aromatic carbocycles. The lowest BCUT2D eigenvalue weighted by molar-refractivity contribution is 0.0701. The molecule has 0 aliphatic carbocycles. The van der Waals surface area contributed by atoms with Crippen molar-refractivity contribution in [2.45, 2.75) is 20.8 Å². The lowest BCUT2D eigenvalue weighted by Crippen LogP contribution is -2.10. The molecule has 0 saturated carbocycles. The van der Waals surface area contributed by atoms with Crippen LogP contribution in [0.4, 0.5) is 5.00 Å². The molecule has 0 unspecified atom stereocenters. The SMILES string of the molecule is Cc1nc(C)c(C(=O)Nc2cc(C)c(C(=O)O)s2)s1. The average molecular weight is 296 g/mol. The molecule has 0 saturated heterocycles. The van der Waals surface area contributed by atoms with Gasteiger partial charge < -0.3 is 10.4 Å². The Morgan fingerprint density at radius 2 is 1.89 bits per heavy atom. The van der Waals surface area contributed by atoms with Crippen molar-refractivity contribution in [3.05, 3.63) is 32.1 Å². The van der Waals surface area contributed by atoms with E-state index in [1.54, 1.807) is 19.9 Å². The van der Waals surface area contributed by atoms with Gasteiger partial charge in [-0.05, 0) is 32.4 Å². The number of hydrogen-bond donors (Lipinski definition) is 2. The monoisotopic (exact) mass is 296 g/mol. The molecule has 7 heteroatoms. The number of nitrogens with zero attached hydrogens (tertiary/aromatic N) is 1. The smallest absolute Gasteiger partial charge is 0.346 e. The zero-order valence-electron chi connectivity index (χ0n) is 10.6. The molecular formula is C12H12N2O3S2. The minimum absolute atomic E-state index is 0.243. The van der Waals surface area contributed by atoms with Crippen molar-refractivity contribution in [2.24, 2.45) is 0 Å². The molecule has 0 aliphatic heterocycles. The zero-order chi connectivity index (χ0) is 14.2. The Kier molecular flexibility index (Phi) is 3.68. The molecule has 0 bridgehead atoms. The quantitative estimate of drug-likeness (QED) is 0.912. The van der Waals surface area contributed by atoms with Gasteiger partial charge in [-0.15, -0.1) is 22.7 Å². The van der Waals surface area contributed by atoms with Crippen LogP contribution in [0.5, 0.6) is 0 Å². The Balaban J connectivity index is 2.22. The molecule has 0 fully saturated rings. The maximum atomic E-state index is 12.1. The highest BCUT2D eigenvalue weighted by Crippen LogP contribution is 2.28. The number of carboxylic acid groups (broad SMARTS) is 1. The number of anilines is 1. The van der Waals surface area contributed by atoms with Gasteiger partial charge in [-0.3, -0.25) is 4.79 Å². The number of aromatic carboxylic acids is 1. The van der Waals surface area contributed by atoms with Gasteiger partial charge >= 0.3 is 5.97 Å². The second-order valence-electron chi connectivity index (χ2n) is 4.03. The molecule has 2 aromatic heterocycles. The van der Waals surface area contributed by atoms with Crippen LogP contribution in [0, 0.1) is 20.8 Å². The Morgan fingerprint density at radius 1 is 1.21 bits per heavy atom. The normalized spacial score (nSPS) is 10.5. The number of aryl methyl sites for hydroxylation is 3. The van der Waals surface area contributed by atoms with Crippen molar-refractivity contribution in [1.29, 1.82) is 0 Å². The van der Waals surface area contributed by atoms with Gasteiger partial charge in [0.25, 0.3) is 5.91 Å². The summed E-state index contributed by atoms with van der Waals surface area (Å²) in [4.78, 5) is 28.0. The number of carboxylic acids is 1. The third kappa shape index (κ3) is 2.82. The maximum absolute atomic E-state index is 12.1. The standard InChI is InChI=1S/C12H12N2O3S2/c1-5-4-8(19-9(5)12(16)17)14-11(15)10-6(2)13-7(3)18-10/h4H,1-3H3,(H,14,15)(H,16,17). The van der Waals surface area contributed by atoms with Crippen LogP contribution >= 0.6 is 22.7 Å². The van der Waals surface area contributed by atoms with E-state index >= 15 is 0 Å². The number of hydrogen-bond acceptors (Lipinski definition) is 5. The number of nitrogens with one attached hydrogen (secondary N) is 1. The van der Waals surface area contributed by atoms with Gasteiger partial charge in [-0.25, -0.2) is 9.78 Å². The first-order valence-electron chi connectivity index (χ1n) is 5.47. The molecule has 2 rings (SSSR count). The Labute approximate surface area is 117 Å². The highest BCUT2D eigenvalue weighted by Gasteiger charge is 2.17. The second-order valence-corrected chi connectivity index (χ2v) is 6.28. The fourth-order valence-electron chi connectivity index (χ4n) is 1.67. The van der Waals surface area contributed by atoms with Crippen molar-refractivity contribution >= 4 is 39.6 Å². The topological polar surface area (TPSA) is 79.3 Å². The predicted octanol–water partition coefficient (Wildman–Crippen LogP) is 3.08. The van der Waals surface area contributed by atoms with Crippen molar-refractivity contribution < 1.29 is 14.7 Å². The summed E-state index contributed by atoms with van der Waals surface area (Å²) in [7, 11) is 0. The third-order valence-corrected chi connectivity index (χ3v) is 4.67. The third-order valence-electron chi connectivity index (χ3n) is 2.46. The molecule has 19 heavy (non-hydrogen) atoms. The highest BCUT2D eigenvalue weighted by molar-refractivity contribution is 7.18. The Hall–Kier alpha value is -1.73. The van der Waals surface area contributed by atoms with Crippen molar-refractivity contribution in [2.75, 3.05) is 5.32 Å². The molecular weight excluding hydrogens is 284 g/mol. The van der Waals surface area contributed by atoms with Crippen LogP contribution in [0.1, 0.15) is 35.6 Å². The summed E-state index contributed by atoms with van der Waals surface area (Å²) in [5, 5.41) is 13.0.